The number of para-hydroxylation sites is 1. The molecule has 86 valence electrons. The summed E-state index contributed by atoms with van der Waals surface area (Å²) < 4.78 is 0. The summed E-state index contributed by atoms with van der Waals surface area (Å²) in [5.41, 5.74) is 0.719. The minimum atomic E-state index is -0.0763. The number of rotatable bonds is 1. The summed E-state index contributed by atoms with van der Waals surface area (Å²) >= 11 is 6.10. The second-order valence-corrected chi connectivity index (χ2v) is 5.08. The summed E-state index contributed by atoms with van der Waals surface area (Å²) in [6, 6.07) is 7.44. The minimum absolute atomic E-state index is 0.0624. The van der Waals surface area contributed by atoms with E-state index in [0.29, 0.717) is 18.1 Å². The summed E-state index contributed by atoms with van der Waals surface area (Å²) in [4.78, 5) is 13.6. The molecule has 1 aliphatic heterocycles. The number of halogens is 1. The van der Waals surface area contributed by atoms with Crippen molar-refractivity contribution < 1.29 is 4.79 Å². The Morgan fingerprint density at radius 3 is 2.75 bits per heavy atom. The molecule has 3 nitrogen and oxygen atoms in total. The van der Waals surface area contributed by atoms with Gasteiger partial charge in [-0.25, -0.2) is 0 Å². The zero-order chi connectivity index (χ0) is 11.8. The molecule has 1 aromatic rings. The number of anilines is 1. The van der Waals surface area contributed by atoms with Crippen molar-refractivity contribution in [3.8, 4) is 0 Å². The van der Waals surface area contributed by atoms with Crippen LogP contribution in [0, 0.1) is 0 Å². The van der Waals surface area contributed by atoms with Gasteiger partial charge in [0, 0.05) is 12.1 Å². The summed E-state index contributed by atoms with van der Waals surface area (Å²) in [6.07, 6.45) is 0. The minimum Gasteiger partial charge on any atom is -0.308 e. The van der Waals surface area contributed by atoms with Gasteiger partial charge in [-0.1, -0.05) is 23.7 Å². The van der Waals surface area contributed by atoms with Gasteiger partial charge in [0.25, 0.3) is 0 Å². The lowest BCUT2D eigenvalue weighted by molar-refractivity contribution is -0.119. The molecule has 0 unspecified atom stereocenters. The molecule has 0 aromatic heterocycles. The monoisotopic (exact) mass is 238 g/mol. The van der Waals surface area contributed by atoms with Gasteiger partial charge >= 0.3 is 0 Å². The van der Waals surface area contributed by atoms with E-state index in [9.17, 15) is 4.79 Å². The quantitative estimate of drug-likeness (QED) is 0.812. The lowest BCUT2D eigenvalue weighted by Gasteiger charge is -2.39. The number of piperazine rings is 1. The van der Waals surface area contributed by atoms with E-state index in [0.717, 1.165) is 5.69 Å². The van der Waals surface area contributed by atoms with Crippen LogP contribution in [0.4, 0.5) is 5.69 Å². The molecule has 1 N–H and O–H groups in total. The number of carbonyl (C=O) groups is 1. The van der Waals surface area contributed by atoms with E-state index >= 15 is 0 Å². The van der Waals surface area contributed by atoms with Crippen LogP contribution in [0.2, 0.25) is 5.02 Å². The zero-order valence-electron chi connectivity index (χ0n) is 9.46. The highest BCUT2D eigenvalue weighted by molar-refractivity contribution is 6.33. The van der Waals surface area contributed by atoms with Crippen LogP contribution in [0.3, 0.4) is 0 Å². The van der Waals surface area contributed by atoms with Gasteiger partial charge in [0.1, 0.15) is 0 Å². The Morgan fingerprint density at radius 2 is 2.06 bits per heavy atom. The molecule has 1 fully saturated rings. The number of carbonyl (C=O) groups excluding carboxylic acids is 1. The fraction of sp³-hybridized carbons (Fsp3) is 0.417. The van der Waals surface area contributed by atoms with Gasteiger partial charge in [0.15, 0.2) is 0 Å². The summed E-state index contributed by atoms with van der Waals surface area (Å²) in [6.45, 7) is 5.14. The van der Waals surface area contributed by atoms with Crippen LogP contribution in [0.15, 0.2) is 24.3 Å². The smallest absolute Gasteiger partial charge is 0.241 e. The Morgan fingerprint density at radius 1 is 1.38 bits per heavy atom. The van der Waals surface area contributed by atoms with Crippen LogP contribution in [0.5, 0.6) is 0 Å². The van der Waals surface area contributed by atoms with Crippen molar-refractivity contribution >= 4 is 23.2 Å². The van der Waals surface area contributed by atoms with Crippen molar-refractivity contribution in [3.63, 3.8) is 0 Å². The van der Waals surface area contributed by atoms with E-state index in [1.807, 2.05) is 18.2 Å². The first kappa shape index (κ1) is 11.4. The summed E-state index contributed by atoms with van der Waals surface area (Å²) in [5, 5.41) is 3.81. The maximum atomic E-state index is 11.8. The molecule has 0 radical (unpaired) electrons. The third kappa shape index (κ3) is 2.20. The lowest BCUT2D eigenvalue weighted by atomic mass is 10.0. The molecule has 1 aliphatic rings. The molecule has 4 heteroatoms. The third-order valence-corrected chi connectivity index (χ3v) is 3.04. The number of amides is 1. The van der Waals surface area contributed by atoms with Gasteiger partial charge < -0.3 is 10.2 Å². The van der Waals surface area contributed by atoms with E-state index < -0.39 is 0 Å². The SMILES string of the molecule is CC1(C)CN(c2ccccc2Cl)C(=O)CN1. The van der Waals surface area contributed by atoms with Crippen LogP contribution in [0.25, 0.3) is 0 Å². The van der Waals surface area contributed by atoms with Crippen molar-refractivity contribution in [1.29, 1.82) is 0 Å². The molecule has 1 amide bonds. The van der Waals surface area contributed by atoms with Gasteiger partial charge in [0.05, 0.1) is 17.3 Å². The van der Waals surface area contributed by atoms with Crippen molar-refractivity contribution in [2.75, 3.05) is 18.0 Å². The molecule has 2 rings (SSSR count). The Hall–Kier alpha value is -1.06. The topological polar surface area (TPSA) is 32.3 Å². The molecule has 0 atom stereocenters. The van der Waals surface area contributed by atoms with Crippen molar-refractivity contribution in [2.45, 2.75) is 19.4 Å². The van der Waals surface area contributed by atoms with Gasteiger partial charge in [-0.15, -0.1) is 0 Å². The van der Waals surface area contributed by atoms with E-state index in [1.165, 1.54) is 0 Å². The summed E-state index contributed by atoms with van der Waals surface area (Å²) in [5.74, 6) is 0.0624. The number of benzene rings is 1. The predicted molar refractivity (Wildman–Crippen MR) is 65.9 cm³/mol. The second kappa shape index (κ2) is 4.07. The summed E-state index contributed by atoms with van der Waals surface area (Å²) in [7, 11) is 0. The molecular weight excluding hydrogens is 224 g/mol. The maximum absolute atomic E-state index is 11.8. The van der Waals surface area contributed by atoms with E-state index in [2.05, 4.69) is 19.2 Å². The Labute approximate surface area is 100 Å². The van der Waals surface area contributed by atoms with Crippen molar-refractivity contribution in [1.82, 2.24) is 5.32 Å². The molecular formula is C12H15ClN2O. The van der Waals surface area contributed by atoms with Crippen molar-refractivity contribution in [3.05, 3.63) is 29.3 Å². The first-order chi connectivity index (χ1) is 7.49. The van der Waals surface area contributed by atoms with Gasteiger partial charge in [0.2, 0.25) is 5.91 Å². The van der Waals surface area contributed by atoms with Gasteiger partial charge in [-0.2, -0.15) is 0 Å². The largest absolute Gasteiger partial charge is 0.308 e. The predicted octanol–water partition coefficient (Wildman–Crippen LogP) is 2.05. The molecule has 0 saturated carbocycles. The van der Waals surface area contributed by atoms with Crippen molar-refractivity contribution in [2.24, 2.45) is 0 Å². The molecule has 1 saturated heterocycles. The fourth-order valence-electron chi connectivity index (χ4n) is 1.84. The number of hydrogen-bond donors (Lipinski definition) is 1. The number of hydrogen-bond acceptors (Lipinski definition) is 2. The highest BCUT2D eigenvalue weighted by Gasteiger charge is 2.32. The third-order valence-electron chi connectivity index (χ3n) is 2.72. The standard InChI is InChI=1S/C12H15ClN2O/c1-12(2)8-15(11(16)7-14-12)10-6-4-3-5-9(10)13/h3-6,14H,7-8H2,1-2H3. The Bertz CT molecular complexity index is 417. The van der Waals surface area contributed by atoms with Crippen LogP contribution >= 0.6 is 11.6 Å². The average Bonchev–Trinajstić information content (AvgIpc) is 2.23. The molecule has 0 spiro atoms. The molecule has 1 heterocycles. The molecule has 1 aromatic carbocycles. The number of nitrogens with one attached hydrogen (secondary N) is 1. The van der Waals surface area contributed by atoms with Crippen LogP contribution in [-0.2, 0) is 4.79 Å². The zero-order valence-corrected chi connectivity index (χ0v) is 10.2. The van der Waals surface area contributed by atoms with Gasteiger partial charge in [-0.3, -0.25) is 4.79 Å². The van der Waals surface area contributed by atoms with E-state index in [-0.39, 0.29) is 11.4 Å². The highest BCUT2D eigenvalue weighted by Crippen LogP contribution is 2.27. The van der Waals surface area contributed by atoms with Crippen LogP contribution in [0.1, 0.15) is 13.8 Å². The first-order valence-corrected chi connectivity index (χ1v) is 5.67. The fourth-order valence-corrected chi connectivity index (χ4v) is 2.08. The Balaban J connectivity index is 2.32. The molecule has 0 aliphatic carbocycles. The highest BCUT2D eigenvalue weighted by atomic mass is 35.5. The van der Waals surface area contributed by atoms with E-state index in [4.69, 9.17) is 11.6 Å². The maximum Gasteiger partial charge on any atom is 0.241 e. The van der Waals surface area contributed by atoms with E-state index in [1.54, 1.807) is 11.0 Å². The molecule has 0 bridgehead atoms. The first-order valence-electron chi connectivity index (χ1n) is 5.29. The normalized spacial score (nSPS) is 19.9. The van der Waals surface area contributed by atoms with Gasteiger partial charge in [-0.05, 0) is 26.0 Å². The van der Waals surface area contributed by atoms with Crippen LogP contribution < -0.4 is 10.2 Å². The van der Waals surface area contributed by atoms with Crippen LogP contribution in [-0.4, -0.2) is 24.5 Å². The Kier molecular flexibility index (Phi) is 2.91. The average molecular weight is 239 g/mol. The molecule has 16 heavy (non-hydrogen) atoms. The second-order valence-electron chi connectivity index (χ2n) is 4.67. The number of nitrogens with zero attached hydrogens (tertiary/aromatic N) is 1. The lowest BCUT2D eigenvalue weighted by Crippen LogP contribution is -2.60.